The number of carbonyl (C=O) groups is 2. The van der Waals surface area contributed by atoms with Crippen LogP contribution in [0, 0.1) is 17.8 Å². The lowest BCUT2D eigenvalue weighted by Gasteiger charge is -2.14. The van der Waals surface area contributed by atoms with Crippen LogP contribution < -0.4 is 0 Å². The quantitative estimate of drug-likeness (QED) is 0.610. The molecule has 0 aromatic carbocycles. The van der Waals surface area contributed by atoms with Gasteiger partial charge in [0.25, 0.3) is 0 Å². The molecular weight excluding hydrogens is 212 g/mol. The Morgan fingerprint density at radius 2 is 1.71 bits per heavy atom. The van der Waals surface area contributed by atoms with Gasteiger partial charge in [-0.05, 0) is 12.8 Å². The van der Waals surface area contributed by atoms with E-state index in [0.29, 0.717) is 12.8 Å². The largest absolute Gasteiger partial charge is 0.481 e. The smallest absolute Gasteiger partial charge is 0.309 e. The van der Waals surface area contributed by atoms with Crippen molar-refractivity contribution >= 4 is 24.3 Å². The van der Waals surface area contributed by atoms with E-state index in [1.807, 2.05) is 0 Å². The molecular formula is C8H11ClO5. The maximum atomic E-state index is 10.7. The third-order valence-corrected chi connectivity index (χ3v) is 3.27. The summed E-state index contributed by atoms with van der Waals surface area (Å²) in [5, 5.41) is 27.2. The summed E-state index contributed by atoms with van der Waals surface area (Å²) in [6.07, 6.45) is 0.894. The minimum absolute atomic E-state index is 0. The maximum Gasteiger partial charge on any atom is 0.309 e. The van der Waals surface area contributed by atoms with Gasteiger partial charge in [0, 0.05) is 5.92 Å². The molecule has 3 N–H and O–H groups in total. The van der Waals surface area contributed by atoms with E-state index >= 15 is 0 Å². The van der Waals surface area contributed by atoms with Crippen molar-refractivity contribution in [3.05, 3.63) is 0 Å². The lowest BCUT2D eigenvalue weighted by Crippen LogP contribution is -2.31. The number of aliphatic hydroxyl groups is 1. The number of fused-ring (bicyclic) bond motifs is 1. The monoisotopic (exact) mass is 222 g/mol. The number of rotatable bonds is 2. The molecule has 14 heavy (non-hydrogen) atoms. The number of hydrogen-bond acceptors (Lipinski definition) is 3. The van der Waals surface area contributed by atoms with Crippen LogP contribution in [0.25, 0.3) is 0 Å². The number of carboxylic acids is 2. The standard InChI is InChI=1S/C8H10O5.ClH/c9-6(10)4-2-1-3-5(7(11)12)8(3,4)13;/h3-5,13H,1-2H2,(H,9,10)(H,11,12);1H. The van der Waals surface area contributed by atoms with Gasteiger partial charge < -0.3 is 15.3 Å². The summed E-state index contributed by atoms with van der Waals surface area (Å²) in [6.45, 7) is 0. The van der Waals surface area contributed by atoms with Crippen molar-refractivity contribution in [2.75, 3.05) is 0 Å². The Bertz CT molecular complexity index is 291. The molecule has 2 aliphatic carbocycles. The van der Waals surface area contributed by atoms with Crippen molar-refractivity contribution in [2.45, 2.75) is 18.4 Å². The number of halogens is 1. The highest BCUT2D eigenvalue weighted by Gasteiger charge is 2.75. The normalized spacial score (nSPS) is 43.6. The Hall–Kier alpha value is -0.810. The summed E-state index contributed by atoms with van der Waals surface area (Å²) in [6, 6.07) is 0. The van der Waals surface area contributed by atoms with E-state index in [1.54, 1.807) is 0 Å². The van der Waals surface area contributed by atoms with Crippen LogP contribution in [0.5, 0.6) is 0 Å². The second-order valence-electron chi connectivity index (χ2n) is 3.78. The Morgan fingerprint density at radius 1 is 1.14 bits per heavy atom. The maximum absolute atomic E-state index is 10.7. The lowest BCUT2D eigenvalue weighted by atomic mass is 9.97. The Labute approximate surface area is 86.1 Å². The predicted octanol–water partition coefficient (Wildman–Crippen LogP) is -0.0355. The van der Waals surface area contributed by atoms with Gasteiger partial charge in [-0.25, -0.2) is 0 Å². The molecule has 0 bridgehead atoms. The summed E-state index contributed by atoms with van der Waals surface area (Å²) in [4.78, 5) is 21.3. The molecule has 0 heterocycles. The highest BCUT2D eigenvalue weighted by molar-refractivity contribution is 5.85. The predicted molar refractivity (Wildman–Crippen MR) is 47.2 cm³/mol. The molecule has 2 rings (SSSR count). The van der Waals surface area contributed by atoms with E-state index in [1.165, 1.54) is 0 Å². The van der Waals surface area contributed by atoms with Crippen LogP contribution in [0.1, 0.15) is 12.8 Å². The first kappa shape index (κ1) is 11.3. The van der Waals surface area contributed by atoms with E-state index in [4.69, 9.17) is 10.2 Å². The lowest BCUT2D eigenvalue weighted by molar-refractivity contribution is -0.149. The Morgan fingerprint density at radius 3 is 2.07 bits per heavy atom. The average molecular weight is 223 g/mol. The van der Waals surface area contributed by atoms with Gasteiger partial charge in [0.05, 0.1) is 17.4 Å². The van der Waals surface area contributed by atoms with Gasteiger partial charge in [0.15, 0.2) is 0 Å². The van der Waals surface area contributed by atoms with E-state index in [9.17, 15) is 14.7 Å². The van der Waals surface area contributed by atoms with Gasteiger partial charge in [-0.3, -0.25) is 9.59 Å². The third kappa shape index (κ3) is 1.12. The minimum Gasteiger partial charge on any atom is -0.481 e. The zero-order valence-corrected chi connectivity index (χ0v) is 8.03. The van der Waals surface area contributed by atoms with E-state index in [0.717, 1.165) is 0 Å². The van der Waals surface area contributed by atoms with Crippen molar-refractivity contribution in [2.24, 2.45) is 17.8 Å². The molecule has 80 valence electrons. The molecule has 0 amide bonds. The highest BCUT2D eigenvalue weighted by atomic mass is 35.5. The van der Waals surface area contributed by atoms with Gasteiger partial charge in [0.2, 0.25) is 0 Å². The van der Waals surface area contributed by atoms with Gasteiger partial charge in [-0.15, -0.1) is 12.4 Å². The SMILES string of the molecule is Cl.O=C(O)C1CCC2C(C(=O)O)C12O. The zero-order valence-electron chi connectivity index (χ0n) is 7.21. The zero-order chi connectivity index (χ0) is 9.80. The van der Waals surface area contributed by atoms with Crippen molar-refractivity contribution < 1.29 is 24.9 Å². The number of carboxylic acid groups (broad SMARTS) is 2. The third-order valence-electron chi connectivity index (χ3n) is 3.27. The van der Waals surface area contributed by atoms with E-state index in [-0.39, 0.29) is 18.3 Å². The summed E-state index contributed by atoms with van der Waals surface area (Å²) in [7, 11) is 0. The molecule has 0 spiro atoms. The van der Waals surface area contributed by atoms with Crippen LogP contribution in [0.3, 0.4) is 0 Å². The fourth-order valence-electron chi connectivity index (χ4n) is 2.61. The van der Waals surface area contributed by atoms with Crippen LogP contribution in [0.2, 0.25) is 0 Å². The fourth-order valence-corrected chi connectivity index (χ4v) is 2.61. The van der Waals surface area contributed by atoms with Crippen molar-refractivity contribution in [1.29, 1.82) is 0 Å². The molecule has 0 aromatic heterocycles. The van der Waals surface area contributed by atoms with E-state index in [2.05, 4.69) is 0 Å². The van der Waals surface area contributed by atoms with E-state index < -0.39 is 29.4 Å². The molecule has 4 atom stereocenters. The van der Waals surface area contributed by atoms with Crippen LogP contribution in [-0.4, -0.2) is 32.9 Å². The molecule has 5 nitrogen and oxygen atoms in total. The minimum atomic E-state index is -1.46. The van der Waals surface area contributed by atoms with Gasteiger partial charge in [0.1, 0.15) is 0 Å². The number of aliphatic carboxylic acids is 2. The average Bonchev–Trinajstić information content (AvgIpc) is 2.44. The van der Waals surface area contributed by atoms with Gasteiger partial charge in [-0.1, -0.05) is 0 Å². The second-order valence-corrected chi connectivity index (χ2v) is 3.78. The Balaban J connectivity index is 0.000000980. The first-order valence-corrected chi connectivity index (χ1v) is 4.17. The number of hydrogen-bond donors (Lipinski definition) is 3. The summed E-state index contributed by atoms with van der Waals surface area (Å²) in [5.74, 6) is -4.26. The highest BCUT2D eigenvalue weighted by Crippen LogP contribution is 2.63. The summed E-state index contributed by atoms with van der Waals surface area (Å²) < 4.78 is 0. The molecule has 4 unspecified atom stereocenters. The van der Waals surface area contributed by atoms with Crippen LogP contribution >= 0.6 is 12.4 Å². The molecule has 0 aliphatic heterocycles. The van der Waals surface area contributed by atoms with Crippen molar-refractivity contribution in [3.63, 3.8) is 0 Å². The summed E-state index contributed by atoms with van der Waals surface area (Å²) in [5.41, 5.74) is -1.46. The first-order valence-electron chi connectivity index (χ1n) is 4.17. The molecule has 2 fully saturated rings. The molecule has 6 heteroatoms. The van der Waals surface area contributed by atoms with Crippen molar-refractivity contribution in [3.8, 4) is 0 Å². The van der Waals surface area contributed by atoms with Crippen LogP contribution in [-0.2, 0) is 9.59 Å². The van der Waals surface area contributed by atoms with Gasteiger partial charge in [-0.2, -0.15) is 0 Å². The first-order chi connectivity index (χ1) is 5.99. The summed E-state index contributed by atoms with van der Waals surface area (Å²) >= 11 is 0. The van der Waals surface area contributed by atoms with Crippen LogP contribution in [0.15, 0.2) is 0 Å². The molecule has 0 aromatic rings. The Kier molecular flexibility index (Phi) is 2.49. The second kappa shape index (κ2) is 3.10. The van der Waals surface area contributed by atoms with Gasteiger partial charge >= 0.3 is 11.9 Å². The molecule has 0 radical (unpaired) electrons. The van der Waals surface area contributed by atoms with Crippen LogP contribution in [0.4, 0.5) is 0 Å². The topological polar surface area (TPSA) is 94.8 Å². The molecule has 2 saturated carbocycles. The molecule has 2 aliphatic rings. The van der Waals surface area contributed by atoms with Crippen molar-refractivity contribution in [1.82, 2.24) is 0 Å². The molecule has 0 saturated heterocycles. The fraction of sp³-hybridized carbons (Fsp3) is 0.750.